The standard InChI is InChI=1S/C6H13N.C3H8O/c1-7-5-3-2-4-6-7;1-3-4-2/h2-6H2,1H3;3H2,1-2H3. The molecule has 11 heavy (non-hydrogen) atoms. The summed E-state index contributed by atoms with van der Waals surface area (Å²) in [7, 11) is 3.87. The molecule has 1 heterocycles. The molecule has 0 unspecified atom stereocenters. The lowest BCUT2D eigenvalue weighted by Crippen LogP contribution is -2.24. The molecule has 0 aromatic heterocycles. The Balaban J connectivity index is 0.000000218. The first kappa shape index (κ1) is 10.9. The van der Waals surface area contributed by atoms with E-state index in [0.29, 0.717) is 0 Å². The van der Waals surface area contributed by atoms with Crippen LogP contribution in [-0.2, 0) is 4.74 Å². The van der Waals surface area contributed by atoms with Crippen LogP contribution >= 0.6 is 0 Å². The van der Waals surface area contributed by atoms with E-state index in [1.165, 1.54) is 32.4 Å². The quantitative estimate of drug-likeness (QED) is 0.578. The van der Waals surface area contributed by atoms with Crippen molar-refractivity contribution in [2.75, 3.05) is 33.9 Å². The Kier molecular flexibility index (Phi) is 7.96. The van der Waals surface area contributed by atoms with Gasteiger partial charge in [0.15, 0.2) is 0 Å². The Bertz CT molecular complexity index is 68.0. The summed E-state index contributed by atoms with van der Waals surface area (Å²) in [5.74, 6) is 0. The molecule has 0 amide bonds. The number of methoxy groups -OCH3 is 1. The Hall–Kier alpha value is -0.0800. The van der Waals surface area contributed by atoms with Crippen molar-refractivity contribution in [1.29, 1.82) is 0 Å². The van der Waals surface area contributed by atoms with Crippen LogP contribution in [0.2, 0.25) is 0 Å². The normalized spacial score (nSPS) is 18.8. The van der Waals surface area contributed by atoms with Crippen LogP contribution in [-0.4, -0.2) is 38.8 Å². The van der Waals surface area contributed by atoms with E-state index < -0.39 is 0 Å². The van der Waals surface area contributed by atoms with Crippen LogP contribution in [0.4, 0.5) is 0 Å². The minimum absolute atomic E-state index is 0.819. The summed E-state index contributed by atoms with van der Waals surface area (Å²) < 4.78 is 4.54. The van der Waals surface area contributed by atoms with Crippen LogP contribution in [0.25, 0.3) is 0 Å². The fourth-order valence-electron chi connectivity index (χ4n) is 1.05. The highest BCUT2D eigenvalue weighted by Crippen LogP contribution is 2.04. The van der Waals surface area contributed by atoms with Gasteiger partial charge in [0.25, 0.3) is 0 Å². The molecule has 0 radical (unpaired) electrons. The molecule has 68 valence electrons. The molecule has 0 aromatic carbocycles. The molecule has 2 heteroatoms. The van der Waals surface area contributed by atoms with E-state index in [-0.39, 0.29) is 0 Å². The van der Waals surface area contributed by atoms with E-state index in [1.807, 2.05) is 6.92 Å². The zero-order chi connectivity index (χ0) is 8.53. The molecule has 1 fully saturated rings. The lowest BCUT2D eigenvalue weighted by Gasteiger charge is -2.20. The molecule has 0 aromatic rings. The maximum Gasteiger partial charge on any atom is 0.0433 e. The van der Waals surface area contributed by atoms with Crippen LogP contribution in [0.5, 0.6) is 0 Å². The molecule has 0 saturated carbocycles. The number of piperidine rings is 1. The summed E-state index contributed by atoms with van der Waals surface area (Å²) in [5, 5.41) is 0. The van der Waals surface area contributed by atoms with Gasteiger partial charge in [0.2, 0.25) is 0 Å². The van der Waals surface area contributed by atoms with Crippen molar-refractivity contribution in [2.45, 2.75) is 26.2 Å². The van der Waals surface area contributed by atoms with Gasteiger partial charge in [0, 0.05) is 13.7 Å². The van der Waals surface area contributed by atoms with Gasteiger partial charge >= 0.3 is 0 Å². The molecule has 0 atom stereocenters. The number of nitrogens with zero attached hydrogens (tertiary/aromatic N) is 1. The largest absolute Gasteiger partial charge is 0.385 e. The van der Waals surface area contributed by atoms with E-state index >= 15 is 0 Å². The molecule has 1 aliphatic rings. The fraction of sp³-hybridized carbons (Fsp3) is 1.00. The average molecular weight is 159 g/mol. The molecule has 0 N–H and O–H groups in total. The number of hydrogen-bond acceptors (Lipinski definition) is 2. The van der Waals surface area contributed by atoms with Gasteiger partial charge in [-0.1, -0.05) is 6.42 Å². The van der Waals surface area contributed by atoms with E-state index in [1.54, 1.807) is 7.11 Å². The smallest absolute Gasteiger partial charge is 0.0433 e. The molecular formula is C9H21NO. The summed E-state index contributed by atoms with van der Waals surface area (Å²) in [6.45, 7) is 5.42. The van der Waals surface area contributed by atoms with Crippen molar-refractivity contribution < 1.29 is 4.74 Å². The molecule has 0 spiro atoms. The van der Waals surface area contributed by atoms with Crippen molar-refractivity contribution in [1.82, 2.24) is 4.90 Å². The highest BCUT2D eigenvalue weighted by atomic mass is 16.5. The average Bonchev–Trinajstić information content (AvgIpc) is 2.07. The Labute approximate surface area is 70.5 Å². The zero-order valence-corrected chi connectivity index (χ0v) is 8.10. The number of hydrogen-bond donors (Lipinski definition) is 0. The highest BCUT2D eigenvalue weighted by molar-refractivity contribution is 4.58. The van der Waals surface area contributed by atoms with Gasteiger partial charge in [-0.3, -0.25) is 0 Å². The summed E-state index contributed by atoms with van der Waals surface area (Å²) in [4.78, 5) is 2.39. The maximum absolute atomic E-state index is 4.54. The molecule has 1 saturated heterocycles. The summed E-state index contributed by atoms with van der Waals surface area (Å²) in [6, 6.07) is 0. The fourth-order valence-corrected chi connectivity index (χ4v) is 1.05. The zero-order valence-electron chi connectivity index (χ0n) is 8.10. The third kappa shape index (κ3) is 7.82. The molecule has 1 aliphatic heterocycles. The third-order valence-electron chi connectivity index (χ3n) is 1.87. The van der Waals surface area contributed by atoms with Crippen LogP contribution < -0.4 is 0 Å². The van der Waals surface area contributed by atoms with Gasteiger partial charge in [0.05, 0.1) is 0 Å². The topological polar surface area (TPSA) is 12.5 Å². The minimum atomic E-state index is 0.819. The van der Waals surface area contributed by atoms with Crippen LogP contribution in [0.1, 0.15) is 26.2 Å². The second-order valence-corrected chi connectivity index (χ2v) is 2.94. The first-order valence-corrected chi connectivity index (χ1v) is 4.48. The van der Waals surface area contributed by atoms with Crippen LogP contribution in [0.3, 0.4) is 0 Å². The van der Waals surface area contributed by atoms with Gasteiger partial charge in [-0.2, -0.15) is 0 Å². The molecule has 2 nitrogen and oxygen atoms in total. The van der Waals surface area contributed by atoms with E-state index in [2.05, 4.69) is 16.7 Å². The Morgan fingerprint density at radius 2 is 1.64 bits per heavy atom. The summed E-state index contributed by atoms with van der Waals surface area (Å²) in [6.07, 6.45) is 4.28. The second kappa shape index (κ2) is 8.02. The molecule has 0 aliphatic carbocycles. The first-order valence-electron chi connectivity index (χ1n) is 4.48. The minimum Gasteiger partial charge on any atom is -0.385 e. The van der Waals surface area contributed by atoms with Gasteiger partial charge in [0.1, 0.15) is 0 Å². The lowest BCUT2D eigenvalue weighted by atomic mass is 10.1. The molecular weight excluding hydrogens is 138 g/mol. The monoisotopic (exact) mass is 159 g/mol. The predicted molar refractivity (Wildman–Crippen MR) is 48.9 cm³/mol. The van der Waals surface area contributed by atoms with Gasteiger partial charge in [-0.15, -0.1) is 0 Å². The predicted octanol–water partition coefficient (Wildman–Crippen LogP) is 1.75. The lowest BCUT2D eigenvalue weighted by molar-refractivity contribution is 0.215. The van der Waals surface area contributed by atoms with E-state index in [0.717, 1.165) is 6.61 Å². The SMILES string of the molecule is CCOC.CN1CCCCC1. The molecule has 1 rings (SSSR count). The van der Waals surface area contributed by atoms with Gasteiger partial charge in [-0.25, -0.2) is 0 Å². The number of likely N-dealkylation sites (tertiary alicyclic amines) is 1. The van der Waals surface area contributed by atoms with Crippen molar-refractivity contribution >= 4 is 0 Å². The van der Waals surface area contributed by atoms with Crippen molar-refractivity contribution in [3.05, 3.63) is 0 Å². The second-order valence-electron chi connectivity index (χ2n) is 2.94. The summed E-state index contributed by atoms with van der Waals surface area (Å²) in [5.41, 5.74) is 0. The van der Waals surface area contributed by atoms with E-state index in [9.17, 15) is 0 Å². The van der Waals surface area contributed by atoms with E-state index in [4.69, 9.17) is 0 Å². The Morgan fingerprint density at radius 1 is 1.18 bits per heavy atom. The van der Waals surface area contributed by atoms with Crippen molar-refractivity contribution in [3.8, 4) is 0 Å². The summed E-state index contributed by atoms with van der Waals surface area (Å²) >= 11 is 0. The number of rotatable bonds is 1. The van der Waals surface area contributed by atoms with Gasteiger partial charge < -0.3 is 9.64 Å². The number of ether oxygens (including phenoxy) is 1. The molecule has 0 bridgehead atoms. The first-order chi connectivity index (χ1) is 5.31. The maximum atomic E-state index is 4.54. The van der Waals surface area contributed by atoms with Gasteiger partial charge in [-0.05, 0) is 39.9 Å². The third-order valence-corrected chi connectivity index (χ3v) is 1.87. The highest BCUT2D eigenvalue weighted by Gasteiger charge is 2.02. The van der Waals surface area contributed by atoms with Crippen LogP contribution in [0, 0.1) is 0 Å². The van der Waals surface area contributed by atoms with Crippen molar-refractivity contribution in [3.63, 3.8) is 0 Å². The van der Waals surface area contributed by atoms with Crippen molar-refractivity contribution in [2.24, 2.45) is 0 Å². The van der Waals surface area contributed by atoms with Crippen LogP contribution in [0.15, 0.2) is 0 Å². The Morgan fingerprint density at radius 3 is 1.82 bits per heavy atom.